The van der Waals surface area contributed by atoms with Crippen LogP contribution in [0.25, 0.3) is 0 Å². The molecule has 1 aromatic rings. The number of nitrogens with one attached hydrogen (secondary N) is 1. The van der Waals surface area contributed by atoms with Gasteiger partial charge in [0.25, 0.3) is 5.91 Å². The minimum absolute atomic E-state index is 0.0160. The first kappa shape index (κ1) is 15.6. The van der Waals surface area contributed by atoms with Gasteiger partial charge in [0, 0.05) is 23.6 Å². The Morgan fingerprint density at radius 3 is 2.86 bits per heavy atom. The highest BCUT2D eigenvalue weighted by Gasteiger charge is 2.25. The second kappa shape index (κ2) is 7.28. The maximum atomic E-state index is 12.4. The number of benzene rings is 1. The van der Waals surface area contributed by atoms with Crippen LogP contribution in [0.15, 0.2) is 18.2 Å². The van der Waals surface area contributed by atoms with E-state index in [1.54, 1.807) is 0 Å². The molecule has 3 nitrogen and oxygen atoms in total. The first-order chi connectivity index (χ1) is 10.1. The summed E-state index contributed by atoms with van der Waals surface area (Å²) >= 11 is 0. The summed E-state index contributed by atoms with van der Waals surface area (Å²) in [7, 11) is 0. The summed E-state index contributed by atoms with van der Waals surface area (Å²) < 4.78 is 0. The molecule has 3 heteroatoms. The fourth-order valence-corrected chi connectivity index (χ4v) is 2.51. The third-order valence-corrected chi connectivity index (χ3v) is 4.17. The van der Waals surface area contributed by atoms with E-state index in [0.717, 1.165) is 11.1 Å². The van der Waals surface area contributed by atoms with Gasteiger partial charge in [-0.2, -0.15) is 0 Å². The van der Waals surface area contributed by atoms with Crippen molar-refractivity contribution in [2.75, 3.05) is 6.61 Å². The van der Waals surface area contributed by atoms with Crippen molar-refractivity contribution in [1.82, 2.24) is 5.32 Å². The molecule has 1 aliphatic carbocycles. The van der Waals surface area contributed by atoms with E-state index in [4.69, 9.17) is 5.11 Å². The Kier molecular flexibility index (Phi) is 5.41. The second-order valence-electron chi connectivity index (χ2n) is 5.76. The minimum Gasteiger partial charge on any atom is -0.395 e. The Hall–Kier alpha value is -1.79. The zero-order chi connectivity index (χ0) is 15.2. The Labute approximate surface area is 126 Å². The largest absolute Gasteiger partial charge is 0.395 e. The summed E-state index contributed by atoms with van der Waals surface area (Å²) in [6, 6.07) is 5.90. The van der Waals surface area contributed by atoms with Crippen molar-refractivity contribution in [3.05, 3.63) is 34.9 Å². The van der Waals surface area contributed by atoms with E-state index in [1.807, 2.05) is 25.1 Å². The van der Waals surface area contributed by atoms with Gasteiger partial charge < -0.3 is 10.4 Å². The number of carbonyl (C=O) groups is 1. The first-order valence-corrected chi connectivity index (χ1v) is 7.63. The summed E-state index contributed by atoms with van der Waals surface area (Å²) in [5.74, 6) is 6.47. The quantitative estimate of drug-likeness (QED) is 0.836. The monoisotopic (exact) mass is 285 g/mol. The van der Waals surface area contributed by atoms with E-state index in [0.29, 0.717) is 17.9 Å². The summed E-state index contributed by atoms with van der Waals surface area (Å²) in [5, 5.41) is 11.9. The Balaban J connectivity index is 2.08. The van der Waals surface area contributed by atoms with E-state index in [9.17, 15) is 4.79 Å². The lowest BCUT2D eigenvalue weighted by molar-refractivity contribution is 0.0908. The minimum atomic E-state index is -0.0160. The lowest BCUT2D eigenvalue weighted by Gasteiger charge is -2.32. The summed E-state index contributed by atoms with van der Waals surface area (Å²) in [5.41, 5.74) is 2.47. The molecule has 0 spiro atoms. The molecule has 1 fully saturated rings. The molecule has 1 amide bonds. The molecule has 0 heterocycles. The molecule has 0 radical (unpaired) electrons. The number of hydrogen-bond acceptors (Lipinski definition) is 2. The highest BCUT2D eigenvalue weighted by Crippen LogP contribution is 2.29. The summed E-state index contributed by atoms with van der Waals surface area (Å²) in [4.78, 5) is 12.4. The van der Waals surface area contributed by atoms with Gasteiger partial charge in [0.2, 0.25) is 0 Å². The van der Waals surface area contributed by atoms with Crippen molar-refractivity contribution in [3.63, 3.8) is 0 Å². The van der Waals surface area contributed by atoms with Crippen LogP contribution in [0.2, 0.25) is 0 Å². The lowest BCUT2D eigenvalue weighted by Crippen LogP contribution is -2.40. The van der Waals surface area contributed by atoms with Crippen LogP contribution in [-0.2, 0) is 0 Å². The van der Waals surface area contributed by atoms with Crippen molar-refractivity contribution >= 4 is 5.91 Å². The lowest BCUT2D eigenvalue weighted by atomic mass is 9.80. The molecular formula is C18H23NO2. The summed E-state index contributed by atoms with van der Waals surface area (Å²) in [6.07, 6.45) is 4.16. The van der Waals surface area contributed by atoms with Gasteiger partial charge >= 0.3 is 0 Å². The predicted octanol–water partition coefficient (Wildman–Crippen LogP) is 2.65. The summed E-state index contributed by atoms with van der Waals surface area (Å²) in [6.45, 7) is 4.08. The maximum Gasteiger partial charge on any atom is 0.251 e. The smallest absolute Gasteiger partial charge is 0.251 e. The normalized spacial score (nSPS) is 15.6. The fraction of sp³-hybridized carbons (Fsp3) is 0.500. The van der Waals surface area contributed by atoms with E-state index in [-0.39, 0.29) is 18.6 Å². The van der Waals surface area contributed by atoms with E-state index in [2.05, 4.69) is 24.1 Å². The molecule has 2 N–H and O–H groups in total. The molecule has 1 aromatic carbocycles. The van der Waals surface area contributed by atoms with Gasteiger partial charge in [-0.25, -0.2) is 0 Å². The van der Waals surface area contributed by atoms with Crippen LogP contribution >= 0.6 is 0 Å². The van der Waals surface area contributed by atoms with Gasteiger partial charge in [-0.3, -0.25) is 4.79 Å². The van der Waals surface area contributed by atoms with Gasteiger partial charge in [0.1, 0.15) is 0 Å². The van der Waals surface area contributed by atoms with Crippen LogP contribution < -0.4 is 5.32 Å². The first-order valence-electron chi connectivity index (χ1n) is 7.63. The molecule has 0 aliphatic heterocycles. The van der Waals surface area contributed by atoms with Crippen molar-refractivity contribution in [2.24, 2.45) is 5.92 Å². The molecule has 0 saturated heterocycles. The van der Waals surface area contributed by atoms with Gasteiger partial charge in [-0.1, -0.05) is 24.3 Å². The average molecular weight is 285 g/mol. The zero-order valence-electron chi connectivity index (χ0n) is 12.8. The number of aryl methyl sites for hydroxylation is 1. The molecule has 1 unspecified atom stereocenters. The number of hydrogen-bond donors (Lipinski definition) is 2. The maximum absolute atomic E-state index is 12.4. The van der Waals surface area contributed by atoms with Crippen molar-refractivity contribution < 1.29 is 9.90 Å². The van der Waals surface area contributed by atoms with Gasteiger partial charge in [0.15, 0.2) is 0 Å². The van der Waals surface area contributed by atoms with Crippen LogP contribution in [0.4, 0.5) is 0 Å². The van der Waals surface area contributed by atoms with E-state index < -0.39 is 0 Å². The van der Waals surface area contributed by atoms with Crippen molar-refractivity contribution in [3.8, 4) is 11.8 Å². The molecule has 0 aromatic heterocycles. The second-order valence-corrected chi connectivity index (χ2v) is 5.76. The molecule has 1 atom stereocenters. The van der Waals surface area contributed by atoms with Gasteiger partial charge in [0.05, 0.1) is 6.61 Å². The third kappa shape index (κ3) is 4.09. The van der Waals surface area contributed by atoms with Gasteiger partial charge in [-0.15, -0.1) is 0 Å². The average Bonchev–Trinajstić information content (AvgIpc) is 2.38. The topological polar surface area (TPSA) is 49.3 Å². The number of rotatable bonds is 4. The standard InChI is InChI=1S/C18H23NO2/c1-13-9-10-15(6-3-4-11-20)12-17(13)18(21)19-14(2)16-7-5-8-16/h9-10,12,14,16,20H,4-5,7-8,11H2,1-2H3,(H,19,21). The molecule has 1 aliphatic rings. The molecule has 21 heavy (non-hydrogen) atoms. The van der Waals surface area contributed by atoms with E-state index in [1.165, 1.54) is 19.3 Å². The SMILES string of the molecule is Cc1ccc(C#CCCO)cc1C(=O)NC(C)C1CCC1. The zero-order valence-corrected chi connectivity index (χ0v) is 12.8. The van der Waals surface area contributed by atoms with Crippen molar-refractivity contribution in [1.29, 1.82) is 0 Å². The molecule has 112 valence electrons. The fourth-order valence-electron chi connectivity index (χ4n) is 2.51. The molecule has 0 bridgehead atoms. The Morgan fingerprint density at radius 2 is 2.24 bits per heavy atom. The van der Waals surface area contributed by atoms with Crippen LogP contribution in [-0.4, -0.2) is 23.7 Å². The highest BCUT2D eigenvalue weighted by atomic mass is 16.2. The van der Waals surface area contributed by atoms with Crippen LogP contribution in [0.3, 0.4) is 0 Å². The highest BCUT2D eigenvalue weighted by molar-refractivity contribution is 5.96. The number of aliphatic hydroxyl groups excluding tert-OH is 1. The Morgan fingerprint density at radius 1 is 1.48 bits per heavy atom. The number of carbonyl (C=O) groups excluding carboxylic acids is 1. The molecule has 1 saturated carbocycles. The van der Waals surface area contributed by atoms with Crippen LogP contribution in [0, 0.1) is 24.7 Å². The third-order valence-electron chi connectivity index (χ3n) is 4.17. The molecule has 2 rings (SSSR count). The molecular weight excluding hydrogens is 262 g/mol. The number of aliphatic hydroxyl groups is 1. The van der Waals surface area contributed by atoms with Crippen LogP contribution in [0.1, 0.15) is 54.1 Å². The van der Waals surface area contributed by atoms with E-state index >= 15 is 0 Å². The Bertz CT molecular complexity index is 564. The van der Waals surface area contributed by atoms with Gasteiger partial charge in [-0.05, 0) is 50.3 Å². The van der Waals surface area contributed by atoms with Crippen LogP contribution in [0.5, 0.6) is 0 Å². The van der Waals surface area contributed by atoms with Crippen molar-refractivity contribution in [2.45, 2.75) is 45.6 Å². The predicted molar refractivity (Wildman–Crippen MR) is 84.0 cm³/mol. The number of amides is 1.